The highest BCUT2D eigenvalue weighted by Crippen LogP contribution is 2.27. The van der Waals surface area contributed by atoms with E-state index in [4.69, 9.17) is 0 Å². The molecule has 0 atom stereocenters. The van der Waals surface area contributed by atoms with Gasteiger partial charge in [0.15, 0.2) is 5.75 Å². The number of carbonyl (C=O) groups excluding carboxylic acids is 1. The molecule has 2 aromatic rings. The molecule has 0 spiro atoms. The van der Waals surface area contributed by atoms with Crippen molar-refractivity contribution in [3.63, 3.8) is 0 Å². The zero-order valence-corrected chi connectivity index (χ0v) is 13.6. The molecule has 2 rings (SSSR count). The van der Waals surface area contributed by atoms with E-state index >= 15 is 0 Å². The molecule has 1 aromatic heterocycles. The lowest BCUT2D eigenvalue weighted by molar-refractivity contribution is -0.116. The van der Waals surface area contributed by atoms with Crippen molar-refractivity contribution in [1.82, 2.24) is 9.78 Å². The lowest BCUT2D eigenvalue weighted by atomic mass is 10.2. The molecule has 0 aliphatic carbocycles. The van der Waals surface area contributed by atoms with Crippen LogP contribution < -0.4 is 10.1 Å². The molecular formula is C14H13BrF3N3O2. The number of hydrogen-bond acceptors (Lipinski definition) is 3. The molecule has 0 aliphatic rings. The van der Waals surface area contributed by atoms with Crippen LogP contribution in [0.4, 0.5) is 18.9 Å². The minimum Gasteiger partial charge on any atom is -0.432 e. The molecule has 0 bridgehead atoms. The molecule has 0 unspecified atom stereocenters. The smallest absolute Gasteiger partial charge is 0.387 e. The Bertz CT molecular complexity index is 707. The molecule has 23 heavy (non-hydrogen) atoms. The number of benzene rings is 1. The predicted molar refractivity (Wildman–Crippen MR) is 80.9 cm³/mol. The van der Waals surface area contributed by atoms with E-state index in [1.807, 2.05) is 6.92 Å². The highest BCUT2D eigenvalue weighted by atomic mass is 79.9. The molecule has 0 saturated carbocycles. The fourth-order valence-electron chi connectivity index (χ4n) is 1.86. The number of anilines is 1. The lowest BCUT2D eigenvalue weighted by Gasteiger charge is -2.12. The van der Waals surface area contributed by atoms with Gasteiger partial charge in [0.05, 0.1) is 22.9 Å². The second-order valence-electron chi connectivity index (χ2n) is 4.62. The SMILES string of the molecule is Cc1c(Br)cnn1CCC(=O)Nc1ccc(F)cc1OC(F)F. The van der Waals surface area contributed by atoms with Gasteiger partial charge in [-0.25, -0.2) is 4.39 Å². The van der Waals surface area contributed by atoms with Gasteiger partial charge in [0, 0.05) is 18.2 Å². The Labute approximate surface area is 138 Å². The van der Waals surface area contributed by atoms with Gasteiger partial charge in [-0.1, -0.05) is 0 Å². The Kier molecular flexibility index (Phi) is 5.64. The van der Waals surface area contributed by atoms with E-state index in [9.17, 15) is 18.0 Å². The first-order valence-electron chi connectivity index (χ1n) is 6.59. The largest absolute Gasteiger partial charge is 0.432 e. The normalized spacial score (nSPS) is 10.9. The highest BCUT2D eigenvalue weighted by Gasteiger charge is 2.14. The van der Waals surface area contributed by atoms with Crippen LogP contribution in [0.5, 0.6) is 5.75 Å². The third-order valence-corrected chi connectivity index (χ3v) is 3.81. The Morgan fingerprint density at radius 2 is 2.22 bits per heavy atom. The molecule has 0 saturated heterocycles. The summed E-state index contributed by atoms with van der Waals surface area (Å²) in [6, 6.07) is 3.00. The maximum atomic E-state index is 13.1. The second-order valence-corrected chi connectivity index (χ2v) is 5.47. The number of nitrogens with one attached hydrogen (secondary N) is 1. The van der Waals surface area contributed by atoms with Crippen molar-refractivity contribution in [3.8, 4) is 5.75 Å². The van der Waals surface area contributed by atoms with Crippen LogP contribution in [-0.4, -0.2) is 22.3 Å². The number of amides is 1. The third-order valence-electron chi connectivity index (χ3n) is 3.03. The van der Waals surface area contributed by atoms with Gasteiger partial charge < -0.3 is 10.1 Å². The van der Waals surface area contributed by atoms with Crippen molar-refractivity contribution in [2.75, 3.05) is 5.32 Å². The summed E-state index contributed by atoms with van der Waals surface area (Å²) in [5.74, 6) is -1.59. The number of halogens is 4. The topological polar surface area (TPSA) is 56.2 Å². The standard InChI is InChI=1S/C14H13BrF3N3O2/c1-8-10(15)7-19-21(8)5-4-13(22)20-11-3-2-9(16)6-12(11)23-14(17)18/h2-3,6-7,14H,4-5H2,1H3,(H,20,22). The average molecular weight is 392 g/mol. The van der Waals surface area contributed by atoms with E-state index in [-0.39, 0.29) is 12.1 Å². The number of hydrogen-bond donors (Lipinski definition) is 1. The van der Waals surface area contributed by atoms with Crippen LogP contribution in [0.15, 0.2) is 28.9 Å². The van der Waals surface area contributed by atoms with Gasteiger partial charge in [-0.05, 0) is 35.0 Å². The zero-order valence-electron chi connectivity index (χ0n) is 12.0. The molecule has 1 heterocycles. The molecule has 1 amide bonds. The molecule has 0 aliphatic heterocycles. The molecule has 1 aromatic carbocycles. The summed E-state index contributed by atoms with van der Waals surface area (Å²) < 4.78 is 44.4. The molecule has 0 radical (unpaired) electrons. The molecule has 1 N–H and O–H groups in total. The van der Waals surface area contributed by atoms with E-state index in [2.05, 4.69) is 31.1 Å². The summed E-state index contributed by atoms with van der Waals surface area (Å²) in [7, 11) is 0. The van der Waals surface area contributed by atoms with Crippen LogP contribution in [-0.2, 0) is 11.3 Å². The minimum absolute atomic E-state index is 0.0185. The maximum Gasteiger partial charge on any atom is 0.387 e. The number of alkyl halides is 2. The van der Waals surface area contributed by atoms with Gasteiger partial charge in [0.1, 0.15) is 5.82 Å². The summed E-state index contributed by atoms with van der Waals surface area (Å²) >= 11 is 3.31. The van der Waals surface area contributed by atoms with E-state index in [1.54, 1.807) is 10.9 Å². The summed E-state index contributed by atoms with van der Waals surface area (Å²) in [6.45, 7) is -0.963. The number of carbonyl (C=O) groups is 1. The van der Waals surface area contributed by atoms with E-state index in [0.29, 0.717) is 6.54 Å². The molecule has 5 nitrogen and oxygen atoms in total. The van der Waals surface area contributed by atoms with Crippen molar-refractivity contribution < 1.29 is 22.7 Å². The monoisotopic (exact) mass is 391 g/mol. The number of nitrogens with zero attached hydrogens (tertiary/aromatic N) is 2. The van der Waals surface area contributed by atoms with Crippen molar-refractivity contribution in [2.45, 2.75) is 26.5 Å². The summed E-state index contributed by atoms with van der Waals surface area (Å²) in [6.07, 6.45) is 1.68. The first kappa shape index (κ1) is 17.3. The highest BCUT2D eigenvalue weighted by molar-refractivity contribution is 9.10. The van der Waals surface area contributed by atoms with Gasteiger partial charge in [0.2, 0.25) is 5.91 Å². The van der Waals surface area contributed by atoms with Crippen LogP contribution in [0.3, 0.4) is 0 Å². The maximum absolute atomic E-state index is 13.1. The fourth-order valence-corrected chi connectivity index (χ4v) is 2.16. The number of ether oxygens (including phenoxy) is 1. The van der Waals surface area contributed by atoms with E-state index in [0.717, 1.165) is 22.3 Å². The van der Waals surface area contributed by atoms with Crippen LogP contribution >= 0.6 is 15.9 Å². The molecule has 0 fully saturated rings. The van der Waals surface area contributed by atoms with Crippen LogP contribution in [0.1, 0.15) is 12.1 Å². The van der Waals surface area contributed by atoms with Crippen molar-refractivity contribution in [2.24, 2.45) is 0 Å². The summed E-state index contributed by atoms with van der Waals surface area (Å²) in [5.41, 5.74) is 0.844. The summed E-state index contributed by atoms with van der Waals surface area (Å²) in [5, 5.41) is 6.50. The average Bonchev–Trinajstić information content (AvgIpc) is 2.79. The number of aromatic nitrogens is 2. The summed E-state index contributed by atoms with van der Waals surface area (Å²) in [4.78, 5) is 11.9. The van der Waals surface area contributed by atoms with Gasteiger partial charge >= 0.3 is 6.61 Å². The second kappa shape index (κ2) is 7.49. The Balaban J connectivity index is 2.01. The van der Waals surface area contributed by atoms with E-state index < -0.39 is 24.1 Å². The van der Waals surface area contributed by atoms with Crippen LogP contribution in [0.25, 0.3) is 0 Å². The molecular weight excluding hydrogens is 379 g/mol. The number of rotatable bonds is 6. The van der Waals surface area contributed by atoms with Gasteiger partial charge in [-0.15, -0.1) is 0 Å². The minimum atomic E-state index is -3.11. The van der Waals surface area contributed by atoms with Crippen molar-refractivity contribution >= 4 is 27.5 Å². The Morgan fingerprint density at radius 3 is 2.83 bits per heavy atom. The first-order chi connectivity index (χ1) is 10.9. The van der Waals surface area contributed by atoms with Crippen LogP contribution in [0, 0.1) is 12.7 Å². The molecule has 9 heteroatoms. The van der Waals surface area contributed by atoms with E-state index in [1.165, 1.54) is 6.07 Å². The number of aryl methyl sites for hydroxylation is 1. The lowest BCUT2D eigenvalue weighted by Crippen LogP contribution is -2.16. The van der Waals surface area contributed by atoms with Gasteiger partial charge in [-0.2, -0.15) is 13.9 Å². The Morgan fingerprint density at radius 1 is 1.48 bits per heavy atom. The predicted octanol–water partition coefficient (Wildman–Crippen LogP) is 3.72. The third kappa shape index (κ3) is 4.72. The Hall–Kier alpha value is -2.03. The zero-order chi connectivity index (χ0) is 17.0. The molecule has 124 valence electrons. The van der Waals surface area contributed by atoms with Gasteiger partial charge in [-0.3, -0.25) is 9.48 Å². The van der Waals surface area contributed by atoms with Gasteiger partial charge in [0.25, 0.3) is 0 Å². The van der Waals surface area contributed by atoms with Crippen molar-refractivity contribution in [3.05, 3.63) is 40.4 Å². The quantitative estimate of drug-likeness (QED) is 0.816. The first-order valence-corrected chi connectivity index (χ1v) is 7.38. The van der Waals surface area contributed by atoms with Crippen molar-refractivity contribution in [1.29, 1.82) is 0 Å². The fraction of sp³-hybridized carbons (Fsp3) is 0.286. The van der Waals surface area contributed by atoms with Crippen LogP contribution in [0.2, 0.25) is 0 Å².